The summed E-state index contributed by atoms with van der Waals surface area (Å²) >= 11 is 0. The van der Waals surface area contributed by atoms with Crippen molar-refractivity contribution in [3.63, 3.8) is 0 Å². The van der Waals surface area contributed by atoms with Crippen LogP contribution in [0.5, 0.6) is 0 Å². The van der Waals surface area contributed by atoms with Crippen LogP contribution in [-0.2, 0) is 23.7 Å². The lowest BCUT2D eigenvalue weighted by Crippen LogP contribution is -2.51. The largest absolute Gasteiger partial charge is 0.508 e. The topological polar surface area (TPSA) is 63.2 Å². The molecule has 3 rings (SSSR count). The van der Waals surface area contributed by atoms with E-state index in [1.54, 1.807) is 0 Å². The molecule has 6 nitrogen and oxygen atoms in total. The zero-order valence-electron chi connectivity index (χ0n) is 10.1. The Labute approximate surface area is 99.1 Å². The van der Waals surface area contributed by atoms with Crippen molar-refractivity contribution in [1.82, 2.24) is 0 Å². The molecule has 3 atom stereocenters. The SMILES string of the molecule is CC1C2OC(C)(C)OC2OC12COC(=O)OC2. The van der Waals surface area contributed by atoms with Crippen LogP contribution in [-0.4, -0.2) is 43.2 Å². The predicted molar refractivity (Wildman–Crippen MR) is 54.1 cm³/mol. The van der Waals surface area contributed by atoms with E-state index in [2.05, 4.69) is 0 Å². The van der Waals surface area contributed by atoms with Crippen molar-refractivity contribution in [3.05, 3.63) is 0 Å². The Morgan fingerprint density at radius 2 is 1.76 bits per heavy atom. The normalized spacial score (nSPS) is 42.1. The molecule has 3 unspecified atom stereocenters. The minimum Gasteiger partial charge on any atom is -0.431 e. The van der Waals surface area contributed by atoms with E-state index in [0.717, 1.165) is 0 Å². The third-order valence-corrected chi connectivity index (χ3v) is 3.63. The minimum atomic E-state index is -0.648. The van der Waals surface area contributed by atoms with Crippen LogP contribution in [0.25, 0.3) is 0 Å². The quantitative estimate of drug-likeness (QED) is 0.593. The second-order valence-electron chi connectivity index (χ2n) is 5.27. The van der Waals surface area contributed by atoms with Gasteiger partial charge in [-0.05, 0) is 13.8 Å². The molecular formula is C11H16O6. The van der Waals surface area contributed by atoms with E-state index in [0.29, 0.717) is 0 Å². The first kappa shape index (κ1) is 11.3. The molecule has 0 aromatic carbocycles. The summed E-state index contributed by atoms with van der Waals surface area (Å²) in [7, 11) is 0. The van der Waals surface area contributed by atoms with Gasteiger partial charge in [-0.2, -0.15) is 0 Å². The molecule has 3 fully saturated rings. The summed E-state index contributed by atoms with van der Waals surface area (Å²) in [6, 6.07) is 0. The summed E-state index contributed by atoms with van der Waals surface area (Å²) in [6.45, 7) is 6.08. The Morgan fingerprint density at radius 1 is 1.12 bits per heavy atom. The molecule has 0 radical (unpaired) electrons. The Balaban J connectivity index is 1.78. The first-order valence-corrected chi connectivity index (χ1v) is 5.75. The molecule has 0 aromatic heterocycles. The zero-order chi connectivity index (χ0) is 12.3. The number of fused-ring (bicyclic) bond motifs is 1. The van der Waals surface area contributed by atoms with Crippen LogP contribution in [0, 0.1) is 5.92 Å². The van der Waals surface area contributed by atoms with Crippen molar-refractivity contribution in [2.45, 2.75) is 44.6 Å². The molecule has 0 bridgehead atoms. The van der Waals surface area contributed by atoms with Gasteiger partial charge in [0.15, 0.2) is 12.1 Å². The van der Waals surface area contributed by atoms with E-state index in [1.165, 1.54) is 0 Å². The molecular weight excluding hydrogens is 228 g/mol. The highest BCUT2D eigenvalue weighted by molar-refractivity contribution is 5.60. The molecule has 3 aliphatic rings. The highest BCUT2D eigenvalue weighted by Crippen LogP contribution is 2.46. The second-order valence-corrected chi connectivity index (χ2v) is 5.27. The number of hydrogen-bond acceptors (Lipinski definition) is 6. The third kappa shape index (κ3) is 1.63. The van der Waals surface area contributed by atoms with E-state index in [4.69, 9.17) is 23.7 Å². The van der Waals surface area contributed by atoms with Gasteiger partial charge < -0.3 is 23.7 Å². The number of carbonyl (C=O) groups is 1. The summed E-state index contributed by atoms with van der Waals surface area (Å²) in [6.07, 6.45) is -1.21. The lowest BCUT2D eigenvalue weighted by Gasteiger charge is -2.36. The van der Waals surface area contributed by atoms with Gasteiger partial charge in [0, 0.05) is 5.92 Å². The fourth-order valence-electron chi connectivity index (χ4n) is 2.60. The van der Waals surface area contributed by atoms with Crippen LogP contribution >= 0.6 is 0 Å². The summed E-state index contributed by atoms with van der Waals surface area (Å²) in [4.78, 5) is 10.9. The molecule has 0 aliphatic carbocycles. The van der Waals surface area contributed by atoms with Gasteiger partial charge >= 0.3 is 6.16 Å². The van der Waals surface area contributed by atoms with Crippen LogP contribution < -0.4 is 0 Å². The molecule has 0 amide bonds. The first-order valence-electron chi connectivity index (χ1n) is 5.75. The van der Waals surface area contributed by atoms with Gasteiger partial charge in [0.05, 0.1) is 0 Å². The highest BCUT2D eigenvalue weighted by Gasteiger charge is 2.62. The summed E-state index contributed by atoms with van der Waals surface area (Å²) in [5, 5.41) is 0. The molecule has 0 aromatic rings. The fourth-order valence-corrected chi connectivity index (χ4v) is 2.60. The zero-order valence-corrected chi connectivity index (χ0v) is 10.1. The van der Waals surface area contributed by atoms with Crippen molar-refractivity contribution >= 4 is 6.16 Å². The lowest BCUT2D eigenvalue weighted by atomic mass is 9.88. The van der Waals surface area contributed by atoms with E-state index in [9.17, 15) is 4.79 Å². The van der Waals surface area contributed by atoms with E-state index in [1.807, 2.05) is 20.8 Å². The standard InChI is InChI=1S/C11H16O6/c1-6-7-8(16-10(2,3)15-7)17-11(6)4-13-9(12)14-5-11/h6-8H,4-5H2,1-3H3. The van der Waals surface area contributed by atoms with Crippen molar-refractivity contribution in [3.8, 4) is 0 Å². The van der Waals surface area contributed by atoms with Crippen LogP contribution in [0.3, 0.4) is 0 Å². The Hall–Kier alpha value is -0.850. The predicted octanol–water partition coefficient (Wildman–Crippen LogP) is 1.04. The summed E-state index contributed by atoms with van der Waals surface area (Å²) < 4.78 is 27.1. The first-order chi connectivity index (χ1) is 7.92. The fraction of sp³-hybridized carbons (Fsp3) is 0.909. The van der Waals surface area contributed by atoms with Crippen LogP contribution in [0.1, 0.15) is 20.8 Å². The van der Waals surface area contributed by atoms with Gasteiger partial charge in [-0.1, -0.05) is 6.92 Å². The maximum absolute atomic E-state index is 10.9. The second kappa shape index (κ2) is 3.34. The van der Waals surface area contributed by atoms with Crippen LogP contribution in [0.4, 0.5) is 4.79 Å². The van der Waals surface area contributed by atoms with Crippen LogP contribution in [0.15, 0.2) is 0 Å². The van der Waals surface area contributed by atoms with Gasteiger partial charge in [0.25, 0.3) is 0 Å². The Morgan fingerprint density at radius 3 is 2.35 bits per heavy atom. The monoisotopic (exact) mass is 244 g/mol. The van der Waals surface area contributed by atoms with Gasteiger partial charge in [-0.25, -0.2) is 4.79 Å². The highest BCUT2D eigenvalue weighted by atomic mass is 16.8. The molecule has 0 N–H and O–H groups in total. The van der Waals surface area contributed by atoms with Gasteiger partial charge in [-0.3, -0.25) is 0 Å². The average Bonchev–Trinajstić information content (AvgIpc) is 2.66. The number of carbonyl (C=O) groups excluding carboxylic acids is 1. The Kier molecular flexibility index (Phi) is 2.21. The molecule has 3 saturated heterocycles. The van der Waals surface area contributed by atoms with E-state index >= 15 is 0 Å². The summed E-state index contributed by atoms with van der Waals surface area (Å²) in [5.41, 5.74) is -0.639. The minimum absolute atomic E-state index is 0.0439. The average molecular weight is 244 g/mol. The van der Waals surface area contributed by atoms with Gasteiger partial charge in [0.1, 0.15) is 24.9 Å². The lowest BCUT2D eigenvalue weighted by molar-refractivity contribution is -0.254. The number of cyclic esters (lactones) is 2. The summed E-state index contributed by atoms with van der Waals surface area (Å²) in [5.74, 6) is -0.584. The molecule has 17 heavy (non-hydrogen) atoms. The van der Waals surface area contributed by atoms with E-state index in [-0.39, 0.29) is 25.2 Å². The van der Waals surface area contributed by atoms with Crippen molar-refractivity contribution < 1.29 is 28.5 Å². The number of ether oxygens (including phenoxy) is 5. The van der Waals surface area contributed by atoms with Crippen LogP contribution in [0.2, 0.25) is 0 Å². The molecule has 3 aliphatic heterocycles. The maximum atomic E-state index is 10.9. The number of rotatable bonds is 0. The third-order valence-electron chi connectivity index (χ3n) is 3.63. The molecule has 0 saturated carbocycles. The van der Waals surface area contributed by atoms with Gasteiger partial charge in [-0.15, -0.1) is 0 Å². The molecule has 3 heterocycles. The van der Waals surface area contributed by atoms with E-state index < -0.39 is 23.8 Å². The van der Waals surface area contributed by atoms with Gasteiger partial charge in [0.2, 0.25) is 0 Å². The molecule has 6 heteroatoms. The number of hydrogen-bond donors (Lipinski definition) is 0. The van der Waals surface area contributed by atoms with Crippen molar-refractivity contribution in [2.75, 3.05) is 13.2 Å². The smallest absolute Gasteiger partial charge is 0.431 e. The molecule has 96 valence electrons. The maximum Gasteiger partial charge on any atom is 0.508 e. The Bertz CT molecular complexity index is 342. The van der Waals surface area contributed by atoms with Crippen molar-refractivity contribution in [1.29, 1.82) is 0 Å². The molecule has 1 spiro atoms. The van der Waals surface area contributed by atoms with Crippen molar-refractivity contribution in [2.24, 2.45) is 5.92 Å².